The van der Waals surface area contributed by atoms with Crippen LogP contribution in [0.5, 0.6) is 5.75 Å². The van der Waals surface area contributed by atoms with Gasteiger partial charge in [-0.3, -0.25) is 4.79 Å². The summed E-state index contributed by atoms with van der Waals surface area (Å²) in [4.78, 5) is 24.0. The summed E-state index contributed by atoms with van der Waals surface area (Å²) in [6.45, 7) is 3.53. The van der Waals surface area contributed by atoms with Crippen LogP contribution < -0.4 is 4.74 Å². The van der Waals surface area contributed by atoms with Gasteiger partial charge in [0.2, 0.25) is 0 Å². The van der Waals surface area contributed by atoms with Gasteiger partial charge >= 0.3 is 5.97 Å². The Morgan fingerprint density at radius 2 is 1.78 bits per heavy atom. The van der Waals surface area contributed by atoms with Crippen molar-refractivity contribution in [1.82, 2.24) is 0 Å². The molecule has 0 aliphatic heterocycles. The van der Waals surface area contributed by atoms with Crippen molar-refractivity contribution in [2.24, 2.45) is 0 Å². The smallest absolute Gasteiger partial charge is 0.344 e. The van der Waals surface area contributed by atoms with E-state index in [1.165, 1.54) is 24.3 Å². The molecule has 4 nitrogen and oxygen atoms in total. The molecule has 0 atom stereocenters. The van der Waals surface area contributed by atoms with E-state index >= 15 is 0 Å². The van der Waals surface area contributed by atoms with E-state index in [-0.39, 0.29) is 24.7 Å². The summed E-state index contributed by atoms with van der Waals surface area (Å²) in [5.74, 6) is -0.927. The zero-order valence-electron chi connectivity index (χ0n) is 13.0. The molecule has 0 N–H and O–H groups in total. The van der Waals surface area contributed by atoms with E-state index in [9.17, 15) is 14.0 Å². The SMILES string of the molecule is CCOC(=O)COc1ccc(C)cc1C(=O)c1ccc(F)cc1. The quantitative estimate of drug-likeness (QED) is 0.606. The highest BCUT2D eigenvalue weighted by atomic mass is 19.1. The van der Waals surface area contributed by atoms with Gasteiger partial charge in [0.1, 0.15) is 11.6 Å². The lowest BCUT2D eigenvalue weighted by atomic mass is 10.0. The maximum Gasteiger partial charge on any atom is 0.344 e. The summed E-state index contributed by atoms with van der Waals surface area (Å²) < 4.78 is 23.2. The minimum absolute atomic E-state index is 0.261. The van der Waals surface area contributed by atoms with Gasteiger partial charge in [-0.25, -0.2) is 9.18 Å². The predicted octanol–water partition coefficient (Wildman–Crippen LogP) is 3.31. The van der Waals surface area contributed by atoms with Crippen molar-refractivity contribution in [3.63, 3.8) is 0 Å². The number of ketones is 1. The first-order valence-corrected chi connectivity index (χ1v) is 7.20. The van der Waals surface area contributed by atoms with Gasteiger partial charge in [-0.05, 0) is 50.2 Å². The molecule has 0 radical (unpaired) electrons. The van der Waals surface area contributed by atoms with Gasteiger partial charge in [-0.1, -0.05) is 11.6 Å². The lowest BCUT2D eigenvalue weighted by Gasteiger charge is -2.11. The number of hydrogen-bond acceptors (Lipinski definition) is 4. The van der Waals surface area contributed by atoms with E-state index in [1.54, 1.807) is 25.1 Å². The average Bonchev–Trinajstić information content (AvgIpc) is 2.54. The molecule has 120 valence electrons. The Labute approximate surface area is 133 Å². The normalized spacial score (nSPS) is 10.2. The largest absolute Gasteiger partial charge is 0.481 e. The molecule has 2 rings (SSSR count). The Balaban J connectivity index is 2.26. The molecule has 5 heteroatoms. The maximum atomic E-state index is 13.0. The van der Waals surface area contributed by atoms with Crippen molar-refractivity contribution in [3.05, 3.63) is 65.0 Å². The summed E-state index contributed by atoms with van der Waals surface area (Å²) in [7, 11) is 0. The van der Waals surface area contributed by atoms with E-state index in [0.29, 0.717) is 11.1 Å². The third kappa shape index (κ3) is 4.39. The molecule has 23 heavy (non-hydrogen) atoms. The van der Waals surface area contributed by atoms with Crippen LogP contribution in [0.25, 0.3) is 0 Å². The van der Waals surface area contributed by atoms with Gasteiger partial charge < -0.3 is 9.47 Å². The van der Waals surface area contributed by atoms with Crippen LogP contribution in [0.2, 0.25) is 0 Å². The number of ether oxygens (including phenoxy) is 2. The van der Waals surface area contributed by atoms with Crippen LogP contribution in [0.15, 0.2) is 42.5 Å². The number of esters is 1. The second-order valence-electron chi connectivity index (χ2n) is 4.93. The molecule has 0 spiro atoms. The lowest BCUT2D eigenvalue weighted by molar-refractivity contribution is -0.145. The molecule has 0 aromatic heterocycles. The highest BCUT2D eigenvalue weighted by Gasteiger charge is 2.16. The Morgan fingerprint density at radius 3 is 2.43 bits per heavy atom. The van der Waals surface area contributed by atoms with Crippen LogP contribution in [0, 0.1) is 12.7 Å². The fraction of sp³-hybridized carbons (Fsp3) is 0.222. The Bertz CT molecular complexity index is 707. The van der Waals surface area contributed by atoms with E-state index in [2.05, 4.69) is 0 Å². The number of aryl methyl sites for hydroxylation is 1. The van der Waals surface area contributed by atoms with Crippen molar-refractivity contribution >= 4 is 11.8 Å². The first kappa shape index (κ1) is 16.7. The summed E-state index contributed by atoms with van der Waals surface area (Å²) in [5.41, 5.74) is 1.54. The van der Waals surface area contributed by atoms with Gasteiger partial charge in [-0.2, -0.15) is 0 Å². The van der Waals surface area contributed by atoms with Gasteiger partial charge in [0, 0.05) is 5.56 Å². The van der Waals surface area contributed by atoms with Gasteiger partial charge in [0.05, 0.1) is 12.2 Å². The lowest BCUT2D eigenvalue weighted by Crippen LogP contribution is -2.16. The standard InChI is InChI=1S/C18H17FO4/c1-3-22-17(20)11-23-16-9-4-12(2)10-15(16)18(21)13-5-7-14(19)8-6-13/h4-10H,3,11H2,1-2H3. The van der Waals surface area contributed by atoms with Crippen LogP contribution in [-0.2, 0) is 9.53 Å². The van der Waals surface area contributed by atoms with E-state index in [0.717, 1.165) is 5.56 Å². The van der Waals surface area contributed by atoms with Crippen molar-refractivity contribution in [3.8, 4) is 5.75 Å². The Hall–Kier alpha value is -2.69. The zero-order valence-corrected chi connectivity index (χ0v) is 13.0. The van der Waals surface area contributed by atoms with Crippen LogP contribution in [0.3, 0.4) is 0 Å². The monoisotopic (exact) mass is 316 g/mol. The average molecular weight is 316 g/mol. The fourth-order valence-corrected chi connectivity index (χ4v) is 2.04. The number of hydrogen-bond donors (Lipinski definition) is 0. The summed E-state index contributed by atoms with van der Waals surface area (Å²) in [6.07, 6.45) is 0. The highest BCUT2D eigenvalue weighted by Crippen LogP contribution is 2.23. The topological polar surface area (TPSA) is 52.6 Å². The van der Waals surface area contributed by atoms with Crippen molar-refractivity contribution in [1.29, 1.82) is 0 Å². The molecule has 0 heterocycles. The van der Waals surface area contributed by atoms with Crippen LogP contribution >= 0.6 is 0 Å². The number of rotatable bonds is 6. The minimum atomic E-state index is -0.506. The first-order chi connectivity index (χ1) is 11.0. The first-order valence-electron chi connectivity index (χ1n) is 7.20. The number of halogens is 1. The third-order valence-electron chi connectivity index (χ3n) is 3.14. The van der Waals surface area contributed by atoms with Crippen LogP contribution in [-0.4, -0.2) is 25.0 Å². The summed E-state index contributed by atoms with van der Waals surface area (Å²) in [5, 5.41) is 0. The molecule has 0 bridgehead atoms. The minimum Gasteiger partial charge on any atom is -0.481 e. The van der Waals surface area contributed by atoms with Gasteiger partial charge in [-0.15, -0.1) is 0 Å². The summed E-state index contributed by atoms with van der Waals surface area (Å²) >= 11 is 0. The molecular weight excluding hydrogens is 299 g/mol. The molecule has 0 amide bonds. The van der Waals surface area contributed by atoms with E-state index in [4.69, 9.17) is 9.47 Å². The van der Waals surface area contributed by atoms with Crippen molar-refractivity contribution in [2.75, 3.05) is 13.2 Å². The molecule has 0 saturated carbocycles. The fourth-order valence-electron chi connectivity index (χ4n) is 2.04. The van der Waals surface area contributed by atoms with E-state index < -0.39 is 11.8 Å². The number of carbonyl (C=O) groups is 2. The second kappa shape index (κ2) is 7.54. The molecule has 0 aliphatic carbocycles. The molecule has 0 aliphatic rings. The molecule has 0 unspecified atom stereocenters. The number of carbonyl (C=O) groups excluding carboxylic acids is 2. The number of benzene rings is 2. The Kier molecular flexibility index (Phi) is 5.46. The molecule has 0 fully saturated rings. The van der Waals surface area contributed by atoms with Gasteiger partial charge in [0.15, 0.2) is 12.4 Å². The zero-order chi connectivity index (χ0) is 16.8. The van der Waals surface area contributed by atoms with Crippen LogP contribution in [0.1, 0.15) is 28.4 Å². The van der Waals surface area contributed by atoms with Crippen molar-refractivity contribution < 1.29 is 23.5 Å². The summed E-state index contributed by atoms with van der Waals surface area (Å²) in [6, 6.07) is 10.4. The molecule has 2 aromatic rings. The third-order valence-corrected chi connectivity index (χ3v) is 3.14. The molecule has 0 saturated heterocycles. The predicted molar refractivity (Wildman–Crippen MR) is 83.1 cm³/mol. The van der Waals surface area contributed by atoms with Crippen molar-refractivity contribution in [2.45, 2.75) is 13.8 Å². The van der Waals surface area contributed by atoms with Gasteiger partial charge in [0.25, 0.3) is 0 Å². The van der Waals surface area contributed by atoms with Crippen LogP contribution in [0.4, 0.5) is 4.39 Å². The Morgan fingerprint density at radius 1 is 1.09 bits per heavy atom. The van der Waals surface area contributed by atoms with E-state index in [1.807, 2.05) is 6.92 Å². The maximum absolute atomic E-state index is 13.0. The molecular formula is C18H17FO4. The highest BCUT2D eigenvalue weighted by molar-refractivity contribution is 6.10. The second-order valence-corrected chi connectivity index (χ2v) is 4.93. The molecule has 2 aromatic carbocycles.